The lowest BCUT2D eigenvalue weighted by Crippen LogP contribution is -2.50. The first kappa shape index (κ1) is 17.0. The molecule has 1 atom stereocenters. The predicted octanol–water partition coefficient (Wildman–Crippen LogP) is 1.82. The lowest BCUT2D eigenvalue weighted by molar-refractivity contribution is -0.145. The van der Waals surface area contributed by atoms with E-state index in [1.165, 1.54) is 0 Å². The first-order valence-electron chi connectivity index (χ1n) is 9.04. The van der Waals surface area contributed by atoms with Crippen molar-refractivity contribution in [3.05, 3.63) is 17.0 Å². The number of piperidine rings is 1. The third-order valence-corrected chi connectivity index (χ3v) is 5.84. The van der Waals surface area contributed by atoms with E-state index in [1.54, 1.807) is 0 Å². The molecule has 24 heavy (non-hydrogen) atoms. The molecular formula is C18H28N4O2. The number of hydrogen-bond acceptors (Lipinski definition) is 3. The first-order valence-corrected chi connectivity index (χ1v) is 9.04. The number of rotatable bonds is 4. The molecule has 0 radical (unpaired) electrons. The molecule has 132 valence electrons. The Hall–Kier alpha value is -1.85. The van der Waals surface area contributed by atoms with Gasteiger partial charge in [0.2, 0.25) is 11.8 Å². The molecule has 2 aliphatic rings. The van der Waals surface area contributed by atoms with Crippen LogP contribution in [0.3, 0.4) is 0 Å². The highest BCUT2D eigenvalue weighted by molar-refractivity contribution is 5.86. The summed E-state index contributed by atoms with van der Waals surface area (Å²) >= 11 is 0. The van der Waals surface area contributed by atoms with Gasteiger partial charge in [0.15, 0.2) is 0 Å². The molecule has 1 N–H and O–H groups in total. The fraction of sp³-hybridized carbons (Fsp3) is 0.722. The fourth-order valence-electron chi connectivity index (χ4n) is 4.08. The quantitative estimate of drug-likeness (QED) is 0.914. The van der Waals surface area contributed by atoms with Crippen molar-refractivity contribution in [2.75, 3.05) is 26.2 Å². The number of likely N-dealkylation sites (tertiary alicyclic amines) is 2. The van der Waals surface area contributed by atoms with Gasteiger partial charge in [0.05, 0.1) is 11.1 Å². The number of aromatic nitrogens is 2. The third kappa shape index (κ3) is 2.94. The molecule has 1 aromatic rings. The van der Waals surface area contributed by atoms with E-state index in [0.717, 1.165) is 49.3 Å². The molecule has 2 amide bonds. The van der Waals surface area contributed by atoms with E-state index in [4.69, 9.17) is 0 Å². The van der Waals surface area contributed by atoms with E-state index in [1.807, 2.05) is 30.6 Å². The normalized spacial score (nSPS) is 24.2. The molecule has 3 rings (SSSR count). The highest BCUT2D eigenvalue weighted by Gasteiger charge is 2.48. The number of nitrogens with zero attached hydrogens (tertiary/aromatic N) is 3. The Kier molecular flexibility index (Phi) is 4.65. The molecule has 2 saturated heterocycles. The SMILES string of the molecule is CCN1CCCC2(CCN(C(=O)CCc3n[nH]c(C)c3C)C2)C1=O. The van der Waals surface area contributed by atoms with E-state index in [0.29, 0.717) is 25.9 Å². The van der Waals surface area contributed by atoms with Crippen LogP contribution in [-0.4, -0.2) is 58.0 Å². The van der Waals surface area contributed by atoms with Crippen molar-refractivity contribution in [2.24, 2.45) is 5.41 Å². The second-order valence-corrected chi connectivity index (χ2v) is 7.25. The smallest absolute Gasteiger partial charge is 0.230 e. The van der Waals surface area contributed by atoms with Crippen LogP contribution >= 0.6 is 0 Å². The molecule has 1 spiro atoms. The maximum atomic E-state index is 12.7. The maximum absolute atomic E-state index is 12.7. The van der Waals surface area contributed by atoms with Gasteiger partial charge in [0, 0.05) is 44.7 Å². The number of amides is 2. The minimum absolute atomic E-state index is 0.147. The van der Waals surface area contributed by atoms with Gasteiger partial charge in [-0.05, 0) is 45.6 Å². The summed E-state index contributed by atoms with van der Waals surface area (Å²) in [4.78, 5) is 29.2. The summed E-state index contributed by atoms with van der Waals surface area (Å²) in [5.41, 5.74) is 2.86. The molecule has 6 nitrogen and oxygen atoms in total. The van der Waals surface area contributed by atoms with Crippen LogP contribution in [0.25, 0.3) is 0 Å². The van der Waals surface area contributed by atoms with Crippen molar-refractivity contribution in [3.8, 4) is 0 Å². The van der Waals surface area contributed by atoms with Crippen molar-refractivity contribution in [3.63, 3.8) is 0 Å². The molecule has 6 heteroatoms. The Morgan fingerprint density at radius 3 is 2.75 bits per heavy atom. The van der Waals surface area contributed by atoms with Gasteiger partial charge in [-0.25, -0.2) is 0 Å². The van der Waals surface area contributed by atoms with Gasteiger partial charge in [0.25, 0.3) is 0 Å². The molecule has 0 aliphatic carbocycles. The predicted molar refractivity (Wildman–Crippen MR) is 91.5 cm³/mol. The molecule has 0 aromatic carbocycles. The van der Waals surface area contributed by atoms with Gasteiger partial charge in [0.1, 0.15) is 0 Å². The third-order valence-electron chi connectivity index (χ3n) is 5.84. The van der Waals surface area contributed by atoms with Crippen LogP contribution in [0.4, 0.5) is 0 Å². The second-order valence-electron chi connectivity index (χ2n) is 7.25. The molecular weight excluding hydrogens is 304 g/mol. The molecule has 2 aliphatic heterocycles. The van der Waals surface area contributed by atoms with Crippen molar-refractivity contribution in [2.45, 2.75) is 52.9 Å². The number of aryl methyl sites for hydroxylation is 2. The Balaban J connectivity index is 1.59. The van der Waals surface area contributed by atoms with Crippen LogP contribution in [0.5, 0.6) is 0 Å². The van der Waals surface area contributed by atoms with Crippen LogP contribution < -0.4 is 0 Å². The van der Waals surface area contributed by atoms with E-state index in [-0.39, 0.29) is 17.2 Å². The number of hydrogen-bond donors (Lipinski definition) is 1. The Labute approximate surface area is 143 Å². The van der Waals surface area contributed by atoms with Crippen molar-refractivity contribution in [1.29, 1.82) is 0 Å². The van der Waals surface area contributed by atoms with Crippen molar-refractivity contribution < 1.29 is 9.59 Å². The lowest BCUT2D eigenvalue weighted by Gasteiger charge is -2.38. The molecule has 3 heterocycles. The molecule has 0 saturated carbocycles. The number of carbonyl (C=O) groups is 2. The van der Waals surface area contributed by atoms with Gasteiger partial charge in [-0.15, -0.1) is 0 Å². The molecule has 1 unspecified atom stereocenters. The summed E-state index contributed by atoms with van der Waals surface area (Å²) in [7, 11) is 0. The lowest BCUT2D eigenvalue weighted by atomic mass is 9.78. The zero-order valence-corrected chi connectivity index (χ0v) is 15.0. The number of carbonyl (C=O) groups excluding carboxylic acids is 2. The average molecular weight is 332 g/mol. The Morgan fingerprint density at radius 1 is 1.29 bits per heavy atom. The second kappa shape index (κ2) is 6.57. The maximum Gasteiger partial charge on any atom is 0.230 e. The highest BCUT2D eigenvalue weighted by Crippen LogP contribution is 2.40. The Morgan fingerprint density at radius 2 is 2.08 bits per heavy atom. The summed E-state index contributed by atoms with van der Waals surface area (Å²) in [6, 6.07) is 0. The van der Waals surface area contributed by atoms with E-state index >= 15 is 0 Å². The average Bonchev–Trinajstić information content (AvgIpc) is 3.14. The summed E-state index contributed by atoms with van der Waals surface area (Å²) in [6.45, 7) is 8.99. The van der Waals surface area contributed by atoms with Gasteiger partial charge in [-0.1, -0.05) is 0 Å². The summed E-state index contributed by atoms with van der Waals surface area (Å²) in [5.74, 6) is 0.402. The van der Waals surface area contributed by atoms with Crippen LogP contribution in [0.15, 0.2) is 0 Å². The van der Waals surface area contributed by atoms with E-state index < -0.39 is 0 Å². The molecule has 0 bridgehead atoms. The van der Waals surface area contributed by atoms with Crippen LogP contribution in [0.2, 0.25) is 0 Å². The van der Waals surface area contributed by atoms with Crippen LogP contribution in [-0.2, 0) is 16.0 Å². The van der Waals surface area contributed by atoms with Crippen molar-refractivity contribution in [1.82, 2.24) is 20.0 Å². The number of nitrogens with one attached hydrogen (secondary N) is 1. The summed E-state index contributed by atoms with van der Waals surface area (Å²) in [5, 5.41) is 7.24. The molecule has 2 fully saturated rings. The van der Waals surface area contributed by atoms with E-state index in [9.17, 15) is 9.59 Å². The Bertz CT molecular complexity index is 639. The highest BCUT2D eigenvalue weighted by atomic mass is 16.2. The van der Waals surface area contributed by atoms with Gasteiger partial charge >= 0.3 is 0 Å². The minimum atomic E-state index is -0.317. The monoisotopic (exact) mass is 332 g/mol. The zero-order chi connectivity index (χ0) is 17.3. The van der Waals surface area contributed by atoms with Crippen molar-refractivity contribution >= 4 is 11.8 Å². The van der Waals surface area contributed by atoms with Crippen LogP contribution in [0, 0.1) is 19.3 Å². The largest absolute Gasteiger partial charge is 0.342 e. The summed E-state index contributed by atoms with van der Waals surface area (Å²) < 4.78 is 0. The molecule has 1 aromatic heterocycles. The van der Waals surface area contributed by atoms with Gasteiger partial charge < -0.3 is 9.80 Å². The minimum Gasteiger partial charge on any atom is -0.342 e. The topological polar surface area (TPSA) is 69.3 Å². The first-order chi connectivity index (χ1) is 11.5. The summed E-state index contributed by atoms with van der Waals surface area (Å²) in [6.07, 6.45) is 3.91. The number of H-pyrrole nitrogens is 1. The zero-order valence-electron chi connectivity index (χ0n) is 15.0. The fourth-order valence-corrected chi connectivity index (χ4v) is 4.08. The van der Waals surface area contributed by atoms with Gasteiger partial charge in [-0.2, -0.15) is 5.10 Å². The van der Waals surface area contributed by atoms with Crippen LogP contribution in [0.1, 0.15) is 49.6 Å². The van der Waals surface area contributed by atoms with Gasteiger partial charge in [-0.3, -0.25) is 14.7 Å². The standard InChI is InChI=1S/C18H28N4O2/c1-4-21-10-5-8-18(17(21)24)9-11-22(12-18)16(23)7-6-15-13(2)14(3)19-20-15/h4-12H2,1-3H3,(H,19,20). The van der Waals surface area contributed by atoms with E-state index in [2.05, 4.69) is 10.2 Å². The number of aromatic amines is 1.